The Balaban J connectivity index is 2.46. The van der Waals surface area contributed by atoms with Crippen LogP contribution in [0.4, 0.5) is 4.79 Å². The van der Waals surface area contributed by atoms with Gasteiger partial charge in [-0.3, -0.25) is 10.5 Å². The van der Waals surface area contributed by atoms with Crippen molar-refractivity contribution in [2.24, 2.45) is 5.73 Å². The Kier molecular flexibility index (Phi) is 8.74. The average molecular weight is 380 g/mol. The van der Waals surface area contributed by atoms with E-state index in [1.54, 1.807) is 20.8 Å². The molecule has 0 saturated heterocycles. The highest BCUT2D eigenvalue weighted by Gasteiger charge is 2.19. The predicted octanol–water partition coefficient (Wildman–Crippen LogP) is 2.95. The van der Waals surface area contributed by atoms with Gasteiger partial charge in [0.1, 0.15) is 23.6 Å². The van der Waals surface area contributed by atoms with E-state index in [0.717, 1.165) is 6.42 Å². The molecule has 0 aliphatic heterocycles. The molecule has 150 valence electrons. The van der Waals surface area contributed by atoms with Crippen molar-refractivity contribution in [1.82, 2.24) is 5.32 Å². The molecule has 0 aliphatic rings. The van der Waals surface area contributed by atoms with E-state index >= 15 is 0 Å². The van der Waals surface area contributed by atoms with Crippen molar-refractivity contribution in [3.8, 4) is 5.75 Å². The molecule has 1 rings (SSSR count). The van der Waals surface area contributed by atoms with Crippen LogP contribution in [-0.2, 0) is 4.74 Å². The lowest BCUT2D eigenvalue weighted by Crippen LogP contribution is -2.32. The Labute approximate surface area is 159 Å². The molecule has 8 heteroatoms. The zero-order chi connectivity index (χ0) is 20.4. The summed E-state index contributed by atoms with van der Waals surface area (Å²) in [6.07, 6.45) is 1.82. The van der Waals surface area contributed by atoms with Gasteiger partial charge >= 0.3 is 12.1 Å². The third-order valence-corrected chi connectivity index (χ3v) is 3.52. The zero-order valence-electron chi connectivity index (χ0n) is 16.0. The van der Waals surface area contributed by atoms with Crippen LogP contribution in [0.3, 0.4) is 0 Å². The molecular weight excluding hydrogens is 352 g/mol. The Morgan fingerprint density at radius 3 is 2.37 bits per heavy atom. The number of para-hydroxylation sites is 1. The number of ether oxygens (including phenoxy) is 2. The van der Waals surface area contributed by atoms with Crippen molar-refractivity contribution in [2.75, 3.05) is 13.3 Å². The Morgan fingerprint density at radius 1 is 1.11 bits per heavy atom. The fraction of sp³-hybridized carbons (Fsp3) is 0.526. The highest BCUT2D eigenvalue weighted by Crippen LogP contribution is 2.26. The maximum atomic E-state index is 12.4. The number of aromatic carboxylic acids is 1. The second-order valence-corrected chi connectivity index (χ2v) is 6.96. The summed E-state index contributed by atoms with van der Waals surface area (Å²) >= 11 is 0. The number of ketones is 1. The van der Waals surface area contributed by atoms with Crippen LogP contribution < -0.4 is 15.8 Å². The SMILES string of the molecule is CC(C)(C)OC(=O)NCCCCCC(=O)c1cccc(C(=O)O)c1OCN. The fourth-order valence-corrected chi connectivity index (χ4v) is 2.39. The van der Waals surface area contributed by atoms with Crippen LogP contribution in [0.2, 0.25) is 0 Å². The van der Waals surface area contributed by atoms with Crippen molar-refractivity contribution in [3.05, 3.63) is 29.3 Å². The molecule has 1 aromatic carbocycles. The smallest absolute Gasteiger partial charge is 0.407 e. The number of carboxylic acids is 1. The van der Waals surface area contributed by atoms with E-state index < -0.39 is 17.7 Å². The molecule has 0 bridgehead atoms. The topological polar surface area (TPSA) is 128 Å². The summed E-state index contributed by atoms with van der Waals surface area (Å²) in [7, 11) is 0. The lowest BCUT2D eigenvalue weighted by molar-refractivity contribution is 0.0525. The summed E-state index contributed by atoms with van der Waals surface area (Å²) in [4.78, 5) is 35.2. The first-order valence-corrected chi connectivity index (χ1v) is 8.85. The summed E-state index contributed by atoms with van der Waals surface area (Å²) in [6.45, 7) is 5.61. The molecule has 4 N–H and O–H groups in total. The molecular formula is C19H28N2O6. The van der Waals surface area contributed by atoms with Crippen LogP contribution in [0.25, 0.3) is 0 Å². The van der Waals surface area contributed by atoms with E-state index in [9.17, 15) is 19.5 Å². The van der Waals surface area contributed by atoms with Crippen molar-refractivity contribution in [2.45, 2.75) is 52.1 Å². The highest BCUT2D eigenvalue weighted by molar-refractivity contribution is 6.03. The first-order valence-electron chi connectivity index (χ1n) is 8.85. The van der Waals surface area contributed by atoms with Gasteiger partial charge < -0.3 is 19.9 Å². The molecule has 8 nitrogen and oxygen atoms in total. The molecule has 0 saturated carbocycles. The third kappa shape index (κ3) is 8.08. The number of unbranched alkanes of at least 4 members (excludes halogenated alkanes) is 2. The minimum Gasteiger partial charge on any atom is -0.478 e. The van der Waals surface area contributed by atoms with Gasteiger partial charge in [-0.2, -0.15) is 0 Å². The molecule has 0 spiro atoms. The van der Waals surface area contributed by atoms with E-state index in [2.05, 4.69) is 5.32 Å². The maximum absolute atomic E-state index is 12.4. The summed E-state index contributed by atoms with van der Waals surface area (Å²) < 4.78 is 10.3. The summed E-state index contributed by atoms with van der Waals surface area (Å²) in [5.41, 5.74) is 4.93. The third-order valence-electron chi connectivity index (χ3n) is 3.52. The van der Waals surface area contributed by atoms with Gasteiger partial charge in [-0.15, -0.1) is 0 Å². The summed E-state index contributed by atoms with van der Waals surface area (Å²) in [5, 5.41) is 11.9. The second-order valence-electron chi connectivity index (χ2n) is 6.96. The molecule has 1 amide bonds. The predicted molar refractivity (Wildman–Crippen MR) is 100 cm³/mol. The number of alkyl carbamates (subject to hydrolysis) is 1. The van der Waals surface area contributed by atoms with Crippen molar-refractivity contribution in [1.29, 1.82) is 0 Å². The van der Waals surface area contributed by atoms with Gasteiger partial charge in [0.05, 0.1) is 5.56 Å². The number of Topliss-reactive ketones (excluding diaryl/α,β-unsaturated/α-hetero) is 1. The Hall–Kier alpha value is -2.61. The van der Waals surface area contributed by atoms with Gasteiger partial charge in [-0.05, 0) is 45.7 Å². The molecule has 27 heavy (non-hydrogen) atoms. The van der Waals surface area contributed by atoms with Crippen molar-refractivity contribution in [3.63, 3.8) is 0 Å². The summed E-state index contributed by atoms with van der Waals surface area (Å²) in [6, 6.07) is 4.40. The van der Waals surface area contributed by atoms with Crippen molar-refractivity contribution >= 4 is 17.8 Å². The largest absolute Gasteiger partial charge is 0.478 e. The molecule has 0 aromatic heterocycles. The van der Waals surface area contributed by atoms with Crippen LogP contribution in [0.5, 0.6) is 5.75 Å². The quantitative estimate of drug-likeness (QED) is 0.323. The number of carboxylic acid groups (broad SMARTS) is 1. The Bertz CT molecular complexity index is 667. The number of carbonyl (C=O) groups excluding carboxylic acids is 2. The lowest BCUT2D eigenvalue weighted by atomic mass is 10.0. The number of hydrogen-bond acceptors (Lipinski definition) is 6. The number of benzene rings is 1. The number of carbonyl (C=O) groups is 3. The number of amides is 1. The van der Waals surface area contributed by atoms with Gasteiger partial charge in [0.2, 0.25) is 0 Å². The van der Waals surface area contributed by atoms with E-state index in [0.29, 0.717) is 19.4 Å². The van der Waals surface area contributed by atoms with Gasteiger partial charge in [0.25, 0.3) is 0 Å². The minimum atomic E-state index is -1.18. The first-order chi connectivity index (χ1) is 12.7. The standard InChI is InChI=1S/C19H28N2O6/c1-19(2,3)27-18(25)21-11-6-4-5-10-15(22)13-8-7-9-14(17(23)24)16(13)26-12-20/h7-9H,4-6,10-12,20H2,1-3H3,(H,21,25)(H,23,24). The number of nitrogens with one attached hydrogen (secondary N) is 1. The van der Waals surface area contributed by atoms with Crippen LogP contribution in [0.15, 0.2) is 18.2 Å². The molecule has 0 fully saturated rings. The van der Waals surface area contributed by atoms with Crippen LogP contribution in [0.1, 0.15) is 67.2 Å². The lowest BCUT2D eigenvalue weighted by Gasteiger charge is -2.19. The van der Waals surface area contributed by atoms with Crippen molar-refractivity contribution < 1.29 is 29.0 Å². The van der Waals surface area contributed by atoms with E-state index in [-0.39, 0.29) is 35.8 Å². The molecule has 0 atom stereocenters. The van der Waals surface area contributed by atoms with Gasteiger partial charge in [0.15, 0.2) is 5.78 Å². The first kappa shape index (κ1) is 22.4. The molecule has 1 aromatic rings. The van der Waals surface area contributed by atoms with Crippen LogP contribution in [-0.4, -0.2) is 41.8 Å². The van der Waals surface area contributed by atoms with Crippen LogP contribution >= 0.6 is 0 Å². The van der Waals surface area contributed by atoms with Gasteiger partial charge in [-0.25, -0.2) is 9.59 Å². The molecule has 0 heterocycles. The Morgan fingerprint density at radius 2 is 1.78 bits per heavy atom. The normalized spacial score (nSPS) is 11.0. The van der Waals surface area contributed by atoms with E-state index in [4.69, 9.17) is 15.2 Å². The average Bonchev–Trinajstić information content (AvgIpc) is 2.56. The molecule has 0 unspecified atom stereocenters. The van der Waals surface area contributed by atoms with Gasteiger partial charge in [-0.1, -0.05) is 12.5 Å². The maximum Gasteiger partial charge on any atom is 0.407 e. The number of nitrogens with two attached hydrogens (primary N) is 1. The van der Waals surface area contributed by atoms with Crippen LogP contribution in [0, 0.1) is 0 Å². The fourth-order valence-electron chi connectivity index (χ4n) is 2.39. The van der Waals surface area contributed by atoms with E-state index in [1.165, 1.54) is 18.2 Å². The second kappa shape index (κ2) is 10.5. The highest BCUT2D eigenvalue weighted by atomic mass is 16.6. The molecule has 0 aliphatic carbocycles. The number of rotatable bonds is 10. The number of hydrogen-bond donors (Lipinski definition) is 3. The minimum absolute atomic E-state index is 0.00379. The monoisotopic (exact) mass is 380 g/mol. The van der Waals surface area contributed by atoms with Gasteiger partial charge in [0, 0.05) is 13.0 Å². The summed E-state index contributed by atoms with van der Waals surface area (Å²) in [5.74, 6) is -1.38. The van der Waals surface area contributed by atoms with E-state index in [1.807, 2.05) is 0 Å². The zero-order valence-corrected chi connectivity index (χ0v) is 16.0. The molecule has 0 radical (unpaired) electrons.